The second-order valence-corrected chi connectivity index (χ2v) is 5.62. The first-order chi connectivity index (χ1) is 7.93. The Bertz CT molecular complexity index is 246. The summed E-state index contributed by atoms with van der Waals surface area (Å²) in [6.45, 7) is 3.50. The van der Waals surface area contributed by atoms with E-state index in [9.17, 15) is 9.90 Å². The first kappa shape index (κ1) is 14.5. The van der Waals surface area contributed by atoms with Gasteiger partial charge in [0.05, 0.1) is 5.60 Å². The van der Waals surface area contributed by atoms with Crippen molar-refractivity contribution in [3.05, 3.63) is 0 Å². The lowest BCUT2D eigenvalue weighted by atomic mass is 9.79. The Kier molecular flexibility index (Phi) is 5.40. The molecule has 0 heterocycles. The number of amides is 1. The van der Waals surface area contributed by atoms with Gasteiger partial charge in [-0.15, -0.1) is 0 Å². The molecule has 4 nitrogen and oxygen atoms in total. The van der Waals surface area contributed by atoms with E-state index >= 15 is 0 Å². The highest BCUT2D eigenvalue weighted by Crippen LogP contribution is 2.31. The smallest absolute Gasteiger partial charge is 0.223 e. The second-order valence-electron chi connectivity index (χ2n) is 5.62. The minimum atomic E-state index is -0.548. The predicted octanol–water partition coefficient (Wildman–Crippen LogP) is 0.995. The zero-order valence-electron chi connectivity index (χ0n) is 11.3. The maximum atomic E-state index is 11.3. The van der Waals surface area contributed by atoms with E-state index in [2.05, 4.69) is 12.2 Å². The summed E-state index contributed by atoms with van der Waals surface area (Å²) in [6, 6.07) is 0. The lowest BCUT2D eigenvalue weighted by Gasteiger charge is -2.35. The Morgan fingerprint density at radius 3 is 2.53 bits per heavy atom. The summed E-state index contributed by atoms with van der Waals surface area (Å²) in [5.41, 5.74) is -0.548. The molecule has 17 heavy (non-hydrogen) atoms. The van der Waals surface area contributed by atoms with Gasteiger partial charge in [-0.25, -0.2) is 0 Å². The van der Waals surface area contributed by atoms with Gasteiger partial charge in [0.2, 0.25) is 5.91 Å². The second kappa shape index (κ2) is 6.36. The molecule has 0 bridgehead atoms. The standard InChI is InChI=1S/C13H26N2O2/c1-11-4-7-13(17,8-5-11)10-14-9-6-12(16)15(2)3/h11,14,17H,4-10H2,1-3H3. The van der Waals surface area contributed by atoms with Crippen molar-refractivity contribution >= 4 is 5.91 Å². The van der Waals surface area contributed by atoms with Crippen molar-refractivity contribution in [1.29, 1.82) is 0 Å². The highest BCUT2D eigenvalue weighted by molar-refractivity contribution is 5.75. The Morgan fingerprint density at radius 1 is 1.41 bits per heavy atom. The van der Waals surface area contributed by atoms with Crippen molar-refractivity contribution in [2.75, 3.05) is 27.2 Å². The quantitative estimate of drug-likeness (QED) is 0.707. The fourth-order valence-electron chi connectivity index (χ4n) is 2.22. The normalized spacial score (nSPS) is 29.1. The molecule has 1 fully saturated rings. The van der Waals surface area contributed by atoms with Crippen LogP contribution in [0.4, 0.5) is 0 Å². The largest absolute Gasteiger partial charge is 0.389 e. The fraction of sp³-hybridized carbons (Fsp3) is 0.923. The van der Waals surface area contributed by atoms with Crippen LogP contribution in [-0.4, -0.2) is 48.7 Å². The van der Waals surface area contributed by atoms with Crippen molar-refractivity contribution in [2.45, 2.75) is 44.6 Å². The first-order valence-electron chi connectivity index (χ1n) is 6.56. The monoisotopic (exact) mass is 242 g/mol. The number of aliphatic hydroxyl groups is 1. The topological polar surface area (TPSA) is 52.6 Å². The van der Waals surface area contributed by atoms with E-state index in [1.54, 1.807) is 19.0 Å². The summed E-state index contributed by atoms with van der Waals surface area (Å²) in [6.07, 6.45) is 4.47. The summed E-state index contributed by atoms with van der Waals surface area (Å²) in [5.74, 6) is 0.868. The number of hydrogen-bond acceptors (Lipinski definition) is 3. The van der Waals surface area contributed by atoms with Gasteiger partial charge in [0.25, 0.3) is 0 Å². The molecule has 1 amide bonds. The van der Waals surface area contributed by atoms with E-state index in [4.69, 9.17) is 0 Å². The van der Waals surface area contributed by atoms with Crippen LogP contribution in [-0.2, 0) is 4.79 Å². The van der Waals surface area contributed by atoms with Crippen LogP contribution in [0.1, 0.15) is 39.0 Å². The third kappa shape index (κ3) is 5.04. The van der Waals surface area contributed by atoms with E-state index < -0.39 is 5.60 Å². The minimum absolute atomic E-state index is 0.127. The summed E-state index contributed by atoms with van der Waals surface area (Å²) in [4.78, 5) is 12.9. The predicted molar refractivity (Wildman–Crippen MR) is 68.8 cm³/mol. The fourth-order valence-corrected chi connectivity index (χ4v) is 2.22. The lowest BCUT2D eigenvalue weighted by Crippen LogP contribution is -2.44. The van der Waals surface area contributed by atoms with Crippen LogP contribution >= 0.6 is 0 Å². The van der Waals surface area contributed by atoms with Crippen molar-refractivity contribution in [3.8, 4) is 0 Å². The molecule has 4 heteroatoms. The molecule has 1 rings (SSSR count). The summed E-state index contributed by atoms with van der Waals surface area (Å²) < 4.78 is 0. The van der Waals surface area contributed by atoms with Gasteiger partial charge in [-0.05, 0) is 31.6 Å². The number of carbonyl (C=O) groups is 1. The molecule has 0 atom stereocenters. The molecule has 1 aliphatic rings. The van der Waals surface area contributed by atoms with Gasteiger partial charge in [0, 0.05) is 33.6 Å². The minimum Gasteiger partial charge on any atom is -0.389 e. The molecule has 0 unspecified atom stereocenters. The Balaban J connectivity index is 2.16. The SMILES string of the molecule is CC1CCC(O)(CNCCC(=O)N(C)C)CC1. The average molecular weight is 242 g/mol. The van der Waals surface area contributed by atoms with Crippen LogP contribution in [0.2, 0.25) is 0 Å². The van der Waals surface area contributed by atoms with Gasteiger partial charge in [-0.1, -0.05) is 6.92 Å². The number of carbonyl (C=O) groups excluding carboxylic acids is 1. The van der Waals surface area contributed by atoms with E-state index in [0.29, 0.717) is 19.5 Å². The van der Waals surface area contributed by atoms with Gasteiger partial charge in [-0.3, -0.25) is 4.79 Å². The average Bonchev–Trinajstić information content (AvgIpc) is 2.28. The van der Waals surface area contributed by atoms with E-state index in [1.807, 2.05) is 0 Å². The molecule has 0 aliphatic heterocycles. The Hall–Kier alpha value is -0.610. The Morgan fingerprint density at radius 2 is 2.00 bits per heavy atom. The molecule has 0 aromatic carbocycles. The van der Waals surface area contributed by atoms with Crippen molar-refractivity contribution in [1.82, 2.24) is 10.2 Å². The van der Waals surface area contributed by atoms with E-state index in [-0.39, 0.29) is 5.91 Å². The molecular formula is C13H26N2O2. The van der Waals surface area contributed by atoms with E-state index in [0.717, 1.165) is 31.6 Å². The van der Waals surface area contributed by atoms with Gasteiger partial charge < -0.3 is 15.3 Å². The maximum absolute atomic E-state index is 11.3. The van der Waals surface area contributed by atoms with E-state index in [1.165, 1.54) is 0 Å². The molecule has 1 aliphatic carbocycles. The van der Waals surface area contributed by atoms with Crippen molar-refractivity contribution in [2.24, 2.45) is 5.92 Å². The van der Waals surface area contributed by atoms with Gasteiger partial charge in [0.1, 0.15) is 0 Å². The number of nitrogens with zero attached hydrogens (tertiary/aromatic N) is 1. The first-order valence-corrected chi connectivity index (χ1v) is 6.56. The van der Waals surface area contributed by atoms with Gasteiger partial charge in [-0.2, -0.15) is 0 Å². The molecule has 2 N–H and O–H groups in total. The third-order valence-corrected chi connectivity index (χ3v) is 3.67. The molecule has 0 aromatic rings. The number of rotatable bonds is 5. The molecule has 0 saturated heterocycles. The van der Waals surface area contributed by atoms with Gasteiger partial charge in [0.15, 0.2) is 0 Å². The lowest BCUT2D eigenvalue weighted by molar-refractivity contribution is -0.128. The van der Waals surface area contributed by atoms with Crippen molar-refractivity contribution in [3.63, 3.8) is 0 Å². The van der Waals surface area contributed by atoms with Crippen molar-refractivity contribution < 1.29 is 9.90 Å². The molecule has 100 valence electrons. The number of hydrogen-bond donors (Lipinski definition) is 2. The number of nitrogens with one attached hydrogen (secondary N) is 1. The molecule has 0 aromatic heterocycles. The summed E-state index contributed by atoms with van der Waals surface area (Å²) >= 11 is 0. The van der Waals surface area contributed by atoms with Crippen LogP contribution in [0.5, 0.6) is 0 Å². The highest BCUT2D eigenvalue weighted by atomic mass is 16.3. The van der Waals surface area contributed by atoms with Crippen LogP contribution in [0.3, 0.4) is 0 Å². The third-order valence-electron chi connectivity index (χ3n) is 3.67. The molecular weight excluding hydrogens is 216 g/mol. The zero-order chi connectivity index (χ0) is 12.9. The molecule has 0 radical (unpaired) electrons. The van der Waals surface area contributed by atoms with Crippen LogP contribution in [0, 0.1) is 5.92 Å². The zero-order valence-corrected chi connectivity index (χ0v) is 11.3. The molecule has 0 spiro atoms. The van der Waals surface area contributed by atoms with Gasteiger partial charge >= 0.3 is 0 Å². The van der Waals surface area contributed by atoms with Crippen LogP contribution in [0.25, 0.3) is 0 Å². The van der Waals surface area contributed by atoms with Crippen LogP contribution < -0.4 is 5.32 Å². The summed E-state index contributed by atoms with van der Waals surface area (Å²) in [5, 5.41) is 13.5. The summed E-state index contributed by atoms with van der Waals surface area (Å²) in [7, 11) is 3.52. The molecule has 1 saturated carbocycles. The highest BCUT2D eigenvalue weighted by Gasteiger charge is 2.31. The maximum Gasteiger partial charge on any atom is 0.223 e. The van der Waals surface area contributed by atoms with Crippen LogP contribution in [0.15, 0.2) is 0 Å². The Labute approximate surface area is 104 Å².